The second-order valence-electron chi connectivity index (χ2n) is 4.15. The molecule has 0 saturated heterocycles. The summed E-state index contributed by atoms with van der Waals surface area (Å²) in [7, 11) is 0. The number of nitrogens with one attached hydrogen (secondary N) is 2. The number of carbonyl (C=O) groups is 1. The van der Waals surface area contributed by atoms with Crippen LogP contribution < -0.4 is 5.32 Å². The Bertz CT molecular complexity index is 644. The first kappa shape index (κ1) is 13.7. The molecule has 106 valence electrons. The van der Waals surface area contributed by atoms with Crippen LogP contribution >= 0.6 is 0 Å². The molecule has 0 aromatic carbocycles. The van der Waals surface area contributed by atoms with Gasteiger partial charge in [0.2, 0.25) is 0 Å². The van der Waals surface area contributed by atoms with Crippen LogP contribution in [0.5, 0.6) is 0 Å². The van der Waals surface area contributed by atoms with Gasteiger partial charge in [-0.05, 0) is 18.8 Å². The molecule has 9 heteroatoms. The van der Waals surface area contributed by atoms with Crippen LogP contribution in [0.2, 0.25) is 0 Å². The summed E-state index contributed by atoms with van der Waals surface area (Å²) >= 11 is 0. The molecule has 0 bridgehead atoms. The normalized spacial score (nSPS) is 10.5. The second kappa shape index (κ2) is 5.51. The zero-order chi connectivity index (χ0) is 14.7. The summed E-state index contributed by atoms with van der Waals surface area (Å²) < 4.78 is 1.82. The average Bonchev–Trinajstić information content (AvgIpc) is 3.03. The fourth-order valence-corrected chi connectivity index (χ4v) is 1.77. The highest BCUT2D eigenvalue weighted by Crippen LogP contribution is 2.09. The van der Waals surface area contributed by atoms with Crippen LogP contribution in [0.4, 0.5) is 5.82 Å². The average molecular weight is 278 g/mol. The molecule has 2 aromatic heterocycles. The summed E-state index contributed by atoms with van der Waals surface area (Å²) in [6.45, 7) is 4.94. The highest BCUT2D eigenvalue weighted by Gasteiger charge is 2.16. The molecule has 0 aliphatic carbocycles. The zero-order valence-corrected chi connectivity index (χ0v) is 11.1. The van der Waals surface area contributed by atoms with E-state index in [2.05, 4.69) is 20.6 Å². The van der Waals surface area contributed by atoms with E-state index < -0.39 is 10.8 Å². The van der Waals surface area contributed by atoms with Crippen molar-refractivity contribution in [3.63, 3.8) is 0 Å². The summed E-state index contributed by atoms with van der Waals surface area (Å²) in [5, 5.41) is 23.1. The van der Waals surface area contributed by atoms with E-state index in [1.54, 1.807) is 6.20 Å². The predicted molar refractivity (Wildman–Crippen MR) is 69.1 cm³/mol. The van der Waals surface area contributed by atoms with E-state index in [-0.39, 0.29) is 11.5 Å². The van der Waals surface area contributed by atoms with Crippen molar-refractivity contribution in [2.45, 2.75) is 26.9 Å². The Morgan fingerprint density at radius 2 is 2.35 bits per heavy atom. The minimum Gasteiger partial charge on any atom is -0.358 e. The summed E-state index contributed by atoms with van der Waals surface area (Å²) in [5.41, 5.74) is 1.85. The van der Waals surface area contributed by atoms with Gasteiger partial charge in [-0.25, -0.2) is 0 Å². The molecule has 2 rings (SSSR count). The van der Waals surface area contributed by atoms with E-state index >= 15 is 0 Å². The third kappa shape index (κ3) is 2.66. The Morgan fingerprint density at radius 3 is 2.90 bits per heavy atom. The maximum absolute atomic E-state index is 11.8. The monoisotopic (exact) mass is 278 g/mol. The largest absolute Gasteiger partial charge is 0.358 e. The topological polar surface area (TPSA) is 119 Å². The van der Waals surface area contributed by atoms with Crippen molar-refractivity contribution in [3.05, 3.63) is 39.3 Å². The Labute approximate surface area is 114 Å². The van der Waals surface area contributed by atoms with E-state index in [1.807, 2.05) is 18.5 Å². The van der Waals surface area contributed by atoms with E-state index in [1.165, 1.54) is 0 Å². The molecule has 0 unspecified atom stereocenters. The predicted octanol–water partition coefficient (Wildman–Crippen LogP) is 0.773. The second-order valence-corrected chi connectivity index (χ2v) is 4.15. The fourth-order valence-electron chi connectivity index (χ4n) is 1.77. The number of aromatic nitrogens is 4. The van der Waals surface area contributed by atoms with Gasteiger partial charge in [-0.2, -0.15) is 5.10 Å². The molecule has 0 spiro atoms. The van der Waals surface area contributed by atoms with Gasteiger partial charge < -0.3 is 15.4 Å². The molecule has 2 N–H and O–H groups in total. The molecule has 0 radical (unpaired) electrons. The van der Waals surface area contributed by atoms with Crippen molar-refractivity contribution in [3.8, 4) is 0 Å². The highest BCUT2D eigenvalue weighted by molar-refractivity contribution is 5.92. The van der Waals surface area contributed by atoms with Gasteiger partial charge in [-0.15, -0.1) is 5.10 Å². The fraction of sp³-hybridized carbons (Fsp3) is 0.364. The number of rotatable bonds is 5. The molecule has 20 heavy (non-hydrogen) atoms. The summed E-state index contributed by atoms with van der Waals surface area (Å²) in [6, 6.07) is 1.09. The summed E-state index contributed by atoms with van der Waals surface area (Å²) in [5.74, 6) is -0.789. The number of carbonyl (C=O) groups excluding carboxylic acids is 1. The van der Waals surface area contributed by atoms with E-state index in [9.17, 15) is 14.9 Å². The Morgan fingerprint density at radius 1 is 1.60 bits per heavy atom. The minimum absolute atomic E-state index is 0.0164. The van der Waals surface area contributed by atoms with E-state index in [0.717, 1.165) is 23.9 Å². The standard InChI is InChI=1S/C11H14N6O3/c1-3-16-7(2)8(6-13-16)5-12-11(18)9-4-10(15-14-9)17(19)20/h4,6H,3,5H2,1-2H3,(H,12,18)(H,14,15). The number of nitro groups is 1. The van der Waals surface area contributed by atoms with Gasteiger partial charge in [0.05, 0.1) is 12.3 Å². The maximum Gasteiger partial charge on any atom is 0.343 e. The smallest absolute Gasteiger partial charge is 0.343 e. The highest BCUT2D eigenvalue weighted by atomic mass is 16.6. The number of hydrogen-bond acceptors (Lipinski definition) is 5. The number of aryl methyl sites for hydroxylation is 1. The minimum atomic E-state index is -0.640. The van der Waals surface area contributed by atoms with Gasteiger partial charge in [-0.3, -0.25) is 9.48 Å². The first-order valence-corrected chi connectivity index (χ1v) is 6.02. The van der Waals surface area contributed by atoms with E-state index in [0.29, 0.717) is 6.54 Å². The molecule has 2 aromatic rings. The molecule has 0 atom stereocenters. The van der Waals surface area contributed by atoms with Gasteiger partial charge >= 0.3 is 5.82 Å². The van der Waals surface area contributed by atoms with Crippen molar-refractivity contribution in [1.29, 1.82) is 0 Å². The van der Waals surface area contributed by atoms with Crippen LogP contribution in [-0.2, 0) is 13.1 Å². The first-order valence-electron chi connectivity index (χ1n) is 6.02. The van der Waals surface area contributed by atoms with Crippen LogP contribution in [0.15, 0.2) is 12.3 Å². The lowest BCUT2D eigenvalue weighted by Gasteiger charge is -2.03. The van der Waals surface area contributed by atoms with E-state index in [4.69, 9.17) is 0 Å². The maximum atomic E-state index is 11.8. The van der Waals surface area contributed by atoms with Gasteiger partial charge in [0.1, 0.15) is 0 Å². The zero-order valence-electron chi connectivity index (χ0n) is 11.1. The van der Waals surface area contributed by atoms with Gasteiger partial charge in [-0.1, -0.05) is 5.10 Å². The molecule has 0 aliphatic rings. The van der Waals surface area contributed by atoms with Crippen LogP contribution in [0, 0.1) is 17.0 Å². The molecular formula is C11H14N6O3. The van der Waals surface area contributed by atoms with Gasteiger partial charge in [0.25, 0.3) is 5.91 Å². The van der Waals surface area contributed by atoms with Crippen molar-refractivity contribution in [2.24, 2.45) is 0 Å². The number of H-pyrrole nitrogens is 1. The Kier molecular flexibility index (Phi) is 3.78. The molecule has 0 aliphatic heterocycles. The van der Waals surface area contributed by atoms with Crippen LogP contribution in [0.1, 0.15) is 28.7 Å². The first-order chi connectivity index (χ1) is 9.52. The number of nitrogens with zero attached hydrogens (tertiary/aromatic N) is 4. The molecule has 0 saturated carbocycles. The quantitative estimate of drug-likeness (QED) is 0.618. The van der Waals surface area contributed by atoms with Crippen LogP contribution in [0.25, 0.3) is 0 Å². The molecule has 0 fully saturated rings. The third-order valence-electron chi connectivity index (χ3n) is 2.94. The van der Waals surface area contributed by atoms with Crippen molar-refractivity contribution < 1.29 is 9.72 Å². The van der Waals surface area contributed by atoms with Gasteiger partial charge in [0.15, 0.2) is 5.69 Å². The number of aromatic amines is 1. The number of hydrogen-bond donors (Lipinski definition) is 2. The lowest BCUT2D eigenvalue weighted by Crippen LogP contribution is -2.23. The molecule has 9 nitrogen and oxygen atoms in total. The van der Waals surface area contributed by atoms with Crippen molar-refractivity contribution in [1.82, 2.24) is 25.3 Å². The Balaban J connectivity index is 2.00. The SMILES string of the molecule is CCn1ncc(CNC(=O)c2cc([N+](=O)[O-])[nH]n2)c1C. The summed E-state index contributed by atoms with van der Waals surface area (Å²) in [6.07, 6.45) is 1.69. The van der Waals surface area contributed by atoms with Crippen LogP contribution in [0.3, 0.4) is 0 Å². The lowest BCUT2D eigenvalue weighted by atomic mass is 10.2. The summed E-state index contributed by atoms with van der Waals surface area (Å²) in [4.78, 5) is 21.6. The lowest BCUT2D eigenvalue weighted by molar-refractivity contribution is -0.389. The number of amides is 1. The van der Waals surface area contributed by atoms with Crippen molar-refractivity contribution >= 4 is 11.7 Å². The molecular weight excluding hydrogens is 264 g/mol. The molecule has 1 amide bonds. The third-order valence-corrected chi connectivity index (χ3v) is 2.94. The molecule has 2 heterocycles. The van der Waals surface area contributed by atoms with Crippen molar-refractivity contribution in [2.75, 3.05) is 0 Å². The van der Waals surface area contributed by atoms with Gasteiger partial charge in [0, 0.05) is 24.3 Å². The van der Waals surface area contributed by atoms with Crippen LogP contribution in [-0.4, -0.2) is 30.8 Å². The Hall–Kier alpha value is -2.71.